The number of ether oxygens (including phenoxy) is 2. The van der Waals surface area contributed by atoms with Gasteiger partial charge in [-0.3, -0.25) is 9.10 Å². The molecule has 7 nitrogen and oxygen atoms in total. The summed E-state index contributed by atoms with van der Waals surface area (Å²) < 4.78 is 37.2. The number of carbonyl (C=O) groups excluding carboxylic acids is 1. The van der Waals surface area contributed by atoms with Gasteiger partial charge in [-0.05, 0) is 42.7 Å². The van der Waals surface area contributed by atoms with Gasteiger partial charge < -0.3 is 14.8 Å². The zero-order valence-corrected chi connectivity index (χ0v) is 18.2. The van der Waals surface area contributed by atoms with E-state index in [1.165, 1.54) is 10.6 Å². The van der Waals surface area contributed by atoms with Crippen molar-refractivity contribution in [2.24, 2.45) is 0 Å². The van der Waals surface area contributed by atoms with Crippen molar-refractivity contribution in [2.75, 3.05) is 30.3 Å². The van der Waals surface area contributed by atoms with Crippen LogP contribution in [0.1, 0.15) is 25.3 Å². The van der Waals surface area contributed by atoms with Crippen LogP contribution in [-0.4, -0.2) is 46.4 Å². The Morgan fingerprint density at radius 1 is 1.13 bits per heavy atom. The van der Waals surface area contributed by atoms with Crippen LogP contribution in [0.25, 0.3) is 0 Å². The summed E-state index contributed by atoms with van der Waals surface area (Å²) in [5, 5.41) is 2.84. The molecular weight excluding hydrogens is 404 g/mol. The van der Waals surface area contributed by atoms with Crippen LogP contribution in [0.5, 0.6) is 11.5 Å². The van der Waals surface area contributed by atoms with Crippen LogP contribution in [0.2, 0.25) is 0 Å². The van der Waals surface area contributed by atoms with E-state index in [4.69, 9.17) is 9.47 Å². The number of para-hydroxylation sites is 2. The van der Waals surface area contributed by atoms with Gasteiger partial charge in [0.25, 0.3) is 0 Å². The minimum atomic E-state index is -3.43. The highest BCUT2D eigenvalue weighted by atomic mass is 32.2. The van der Waals surface area contributed by atoms with Gasteiger partial charge in [0.2, 0.25) is 15.9 Å². The van der Waals surface area contributed by atoms with Crippen LogP contribution in [-0.2, 0) is 21.2 Å². The molecule has 1 aliphatic rings. The van der Waals surface area contributed by atoms with E-state index in [1.807, 2.05) is 43.3 Å². The Labute approximate surface area is 178 Å². The van der Waals surface area contributed by atoms with Crippen LogP contribution in [0.15, 0.2) is 48.5 Å². The number of aryl methyl sites for hydroxylation is 1. The summed E-state index contributed by atoms with van der Waals surface area (Å²) in [4.78, 5) is 12.2. The maximum Gasteiger partial charge on any atom is 0.232 e. The summed E-state index contributed by atoms with van der Waals surface area (Å²) >= 11 is 0. The second-order valence-corrected chi connectivity index (χ2v) is 9.17. The molecule has 30 heavy (non-hydrogen) atoms. The number of nitrogens with zero attached hydrogens (tertiary/aromatic N) is 1. The summed E-state index contributed by atoms with van der Waals surface area (Å²) in [6.07, 6.45) is 2.45. The van der Waals surface area contributed by atoms with Gasteiger partial charge in [0, 0.05) is 13.0 Å². The van der Waals surface area contributed by atoms with Crippen LogP contribution in [0.4, 0.5) is 5.69 Å². The minimum absolute atomic E-state index is 0.146. The summed E-state index contributed by atoms with van der Waals surface area (Å²) in [6, 6.07) is 14.9. The summed E-state index contributed by atoms with van der Waals surface area (Å²) in [5.41, 5.74) is 1.75. The molecular formula is C22H28N2O5S. The highest BCUT2D eigenvalue weighted by molar-refractivity contribution is 7.92. The molecule has 2 aromatic carbocycles. The van der Waals surface area contributed by atoms with E-state index < -0.39 is 10.0 Å². The maximum atomic E-state index is 12.2. The second-order valence-electron chi connectivity index (χ2n) is 7.26. The fourth-order valence-electron chi connectivity index (χ4n) is 3.25. The van der Waals surface area contributed by atoms with Crippen LogP contribution >= 0.6 is 0 Å². The number of hydrogen-bond donors (Lipinski definition) is 1. The number of rotatable bonds is 9. The Hall–Kier alpha value is -2.74. The molecule has 0 aromatic heterocycles. The van der Waals surface area contributed by atoms with Gasteiger partial charge in [0.1, 0.15) is 12.7 Å². The van der Waals surface area contributed by atoms with Gasteiger partial charge >= 0.3 is 0 Å². The van der Waals surface area contributed by atoms with E-state index in [0.29, 0.717) is 36.8 Å². The Morgan fingerprint density at radius 2 is 1.83 bits per heavy atom. The van der Waals surface area contributed by atoms with Gasteiger partial charge in [-0.2, -0.15) is 0 Å². The smallest absolute Gasteiger partial charge is 0.232 e. The van der Waals surface area contributed by atoms with E-state index in [2.05, 4.69) is 5.32 Å². The normalized spacial score (nSPS) is 15.5. The summed E-state index contributed by atoms with van der Waals surface area (Å²) in [5.74, 6) is 1.22. The molecule has 0 saturated carbocycles. The molecule has 0 saturated heterocycles. The first-order chi connectivity index (χ1) is 14.4. The van der Waals surface area contributed by atoms with Crippen LogP contribution in [0.3, 0.4) is 0 Å². The minimum Gasteiger partial charge on any atom is -0.486 e. The average molecular weight is 433 g/mol. The lowest BCUT2D eigenvalue weighted by Gasteiger charge is -2.26. The van der Waals surface area contributed by atoms with Crippen molar-refractivity contribution in [3.8, 4) is 11.5 Å². The van der Waals surface area contributed by atoms with Gasteiger partial charge in [-0.15, -0.1) is 0 Å². The van der Waals surface area contributed by atoms with E-state index in [9.17, 15) is 13.2 Å². The van der Waals surface area contributed by atoms with Crippen LogP contribution in [0, 0.1) is 0 Å². The lowest BCUT2D eigenvalue weighted by molar-refractivity contribution is -0.121. The SMILES string of the molecule is CCc1ccc(N(CCCC(=O)NC[C@H]2COc3ccccc3O2)S(C)(=O)=O)cc1. The average Bonchev–Trinajstić information content (AvgIpc) is 2.74. The fraction of sp³-hybridized carbons (Fsp3) is 0.409. The first kappa shape index (κ1) is 22.0. The molecule has 8 heteroatoms. The van der Waals surface area contributed by atoms with Crippen LogP contribution < -0.4 is 19.1 Å². The molecule has 0 unspecified atom stereocenters. The third kappa shape index (κ3) is 5.89. The molecule has 162 valence electrons. The zero-order chi connectivity index (χ0) is 21.6. The third-order valence-electron chi connectivity index (χ3n) is 4.89. The number of amides is 1. The summed E-state index contributed by atoms with van der Waals surface area (Å²) in [7, 11) is -3.43. The van der Waals surface area contributed by atoms with Crippen molar-refractivity contribution in [1.82, 2.24) is 5.32 Å². The molecule has 0 aliphatic carbocycles. The van der Waals surface area contributed by atoms with Gasteiger partial charge in [-0.25, -0.2) is 8.42 Å². The Bertz CT molecular complexity index is 960. The molecule has 2 aromatic rings. The molecule has 1 amide bonds. The molecule has 0 fully saturated rings. The van der Waals surface area contributed by atoms with E-state index in [0.717, 1.165) is 12.0 Å². The Kier molecular flexibility index (Phi) is 7.20. The molecule has 0 spiro atoms. The molecule has 0 radical (unpaired) electrons. The lowest BCUT2D eigenvalue weighted by Crippen LogP contribution is -2.41. The number of anilines is 1. The predicted octanol–water partition coefficient (Wildman–Crippen LogP) is 2.75. The third-order valence-corrected chi connectivity index (χ3v) is 6.09. The lowest BCUT2D eigenvalue weighted by atomic mass is 10.1. The van der Waals surface area contributed by atoms with Crippen molar-refractivity contribution in [2.45, 2.75) is 32.3 Å². The second kappa shape index (κ2) is 9.84. The molecule has 1 N–H and O–H groups in total. The first-order valence-corrected chi connectivity index (χ1v) is 11.9. The van der Waals surface area contributed by atoms with Crippen molar-refractivity contribution in [3.05, 3.63) is 54.1 Å². The van der Waals surface area contributed by atoms with Crippen molar-refractivity contribution >= 4 is 21.6 Å². The molecule has 1 atom stereocenters. The molecule has 1 aliphatic heterocycles. The van der Waals surface area contributed by atoms with Gasteiger partial charge in [0.05, 0.1) is 18.5 Å². The fourth-order valence-corrected chi connectivity index (χ4v) is 4.21. The quantitative estimate of drug-likeness (QED) is 0.659. The monoisotopic (exact) mass is 432 g/mol. The number of hydrogen-bond acceptors (Lipinski definition) is 5. The largest absolute Gasteiger partial charge is 0.486 e. The standard InChI is InChI=1S/C22H28N2O5S/c1-3-17-10-12-18(13-11-17)24(30(2,26)27)14-6-9-22(25)23-15-19-16-28-20-7-4-5-8-21(20)29-19/h4-5,7-8,10-13,19H,3,6,9,14-16H2,1-2H3,(H,23,25)/t19-/m0/s1. The Morgan fingerprint density at radius 3 is 2.50 bits per heavy atom. The Balaban J connectivity index is 1.46. The number of sulfonamides is 1. The van der Waals surface area contributed by atoms with E-state index in [-0.39, 0.29) is 25.0 Å². The van der Waals surface area contributed by atoms with Crippen molar-refractivity contribution in [3.63, 3.8) is 0 Å². The molecule has 3 rings (SSSR count). The zero-order valence-electron chi connectivity index (χ0n) is 17.3. The van der Waals surface area contributed by atoms with Crippen molar-refractivity contribution < 1.29 is 22.7 Å². The number of benzene rings is 2. The maximum absolute atomic E-state index is 12.2. The number of fused-ring (bicyclic) bond motifs is 1. The summed E-state index contributed by atoms with van der Waals surface area (Å²) in [6.45, 7) is 2.99. The van der Waals surface area contributed by atoms with Gasteiger partial charge in [0.15, 0.2) is 11.5 Å². The number of nitrogens with one attached hydrogen (secondary N) is 1. The van der Waals surface area contributed by atoms with E-state index in [1.54, 1.807) is 12.1 Å². The number of carbonyl (C=O) groups is 1. The highest BCUT2D eigenvalue weighted by Gasteiger charge is 2.21. The molecule has 0 bridgehead atoms. The topological polar surface area (TPSA) is 84.9 Å². The van der Waals surface area contributed by atoms with Gasteiger partial charge in [-0.1, -0.05) is 31.2 Å². The highest BCUT2D eigenvalue weighted by Crippen LogP contribution is 2.30. The molecule has 1 heterocycles. The predicted molar refractivity (Wildman–Crippen MR) is 117 cm³/mol. The van der Waals surface area contributed by atoms with Crippen molar-refractivity contribution in [1.29, 1.82) is 0 Å². The van der Waals surface area contributed by atoms with E-state index >= 15 is 0 Å². The first-order valence-electron chi connectivity index (χ1n) is 10.1.